The first-order valence-electron chi connectivity index (χ1n) is 9.38. The molecule has 3 rings (SSSR count). The molecule has 0 aliphatic carbocycles. The van der Waals surface area contributed by atoms with Crippen LogP contribution in [0.1, 0.15) is 36.2 Å². The smallest absolute Gasteiger partial charge is 0.161 e. The zero-order valence-electron chi connectivity index (χ0n) is 16.0. The number of aromatic nitrogens is 1. The number of nitrogens with zero attached hydrogens (tertiary/aromatic N) is 2. The lowest BCUT2D eigenvalue weighted by Gasteiger charge is -2.31. The number of ether oxygens (including phenoxy) is 2. The van der Waals surface area contributed by atoms with E-state index in [1.54, 1.807) is 14.2 Å². The Kier molecular flexibility index (Phi) is 6.47. The fourth-order valence-corrected chi connectivity index (χ4v) is 3.52. The van der Waals surface area contributed by atoms with Gasteiger partial charge in [0.25, 0.3) is 0 Å². The van der Waals surface area contributed by atoms with Gasteiger partial charge in [-0.25, -0.2) is 0 Å². The van der Waals surface area contributed by atoms with Crippen molar-refractivity contribution in [1.29, 1.82) is 0 Å². The Morgan fingerprint density at radius 3 is 2.62 bits per heavy atom. The third kappa shape index (κ3) is 4.17. The molecule has 1 aromatic carbocycles. The topological polar surface area (TPSA) is 46.6 Å². The number of aryl methyl sites for hydroxylation is 1. The van der Waals surface area contributed by atoms with Crippen LogP contribution in [0.2, 0.25) is 0 Å². The van der Waals surface area contributed by atoms with Crippen molar-refractivity contribution in [1.82, 2.24) is 15.2 Å². The minimum Gasteiger partial charge on any atom is -0.493 e. The van der Waals surface area contributed by atoms with Crippen molar-refractivity contribution in [3.63, 3.8) is 0 Å². The number of methoxy groups -OCH3 is 2. The molecule has 0 radical (unpaired) electrons. The number of benzene rings is 1. The van der Waals surface area contributed by atoms with Crippen molar-refractivity contribution in [3.8, 4) is 11.5 Å². The molecule has 0 saturated carbocycles. The van der Waals surface area contributed by atoms with Crippen LogP contribution in [0.15, 0.2) is 36.5 Å². The minimum absolute atomic E-state index is 0.112. The summed E-state index contributed by atoms with van der Waals surface area (Å²) in [6.07, 6.45) is 4.14. The van der Waals surface area contributed by atoms with E-state index in [4.69, 9.17) is 14.5 Å². The maximum atomic E-state index is 5.54. The third-order valence-corrected chi connectivity index (χ3v) is 5.00. The second-order valence-electron chi connectivity index (χ2n) is 6.60. The van der Waals surface area contributed by atoms with Gasteiger partial charge in [-0.1, -0.05) is 19.1 Å². The summed E-state index contributed by atoms with van der Waals surface area (Å²) in [5.41, 5.74) is 3.52. The van der Waals surface area contributed by atoms with Gasteiger partial charge in [0.2, 0.25) is 0 Å². The molecule has 0 amide bonds. The van der Waals surface area contributed by atoms with Gasteiger partial charge >= 0.3 is 0 Å². The predicted molar refractivity (Wildman–Crippen MR) is 104 cm³/mol. The normalized spacial score (nSPS) is 16.7. The van der Waals surface area contributed by atoms with Crippen LogP contribution < -0.4 is 14.8 Å². The Morgan fingerprint density at radius 2 is 1.92 bits per heavy atom. The molecule has 1 aliphatic heterocycles. The molecule has 1 aliphatic rings. The average molecular weight is 355 g/mol. The van der Waals surface area contributed by atoms with E-state index in [2.05, 4.69) is 41.4 Å². The Balaban J connectivity index is 2.01. The van der Waals surface area contributed by atoms with Crippen molar-refractivity contribution in [2.45, 2.75) is 25.8 Å². The molecule has 2 heterocycles. The van der Waals surface area contributed by atoms with Gasteiger partial charge in [-0.3, -0.25) is 9.88 Å². The summed E-state index contributed by atoms with van der Waals surface area (Å²) < 4.78 is 10.9. The van der Waals surface area contributed by atoms with Crippen molar-refractivity contribution in [2.75, 3.05) is 40.4 Å². The van der Waals surface area contributed by atoms with Gasteiger partial charge in [-0.15, -0.1) is 0 Å². The molecule has 1 unspecified atom stereocenters. The number of pyridine rings is 1. The first kappa shape index (κ1) is 18.7. The quantitative estimate of drug-likeness (QED) is 0.863. The Hall–Kier alpha value is -2.11. The van der Waals surface area contributed by atoms with Crippen LogP contribution in [-0.2, 0) is 6.42 Å². The molecule has 5 heteroatoms. The summed E-state index contributed by atoms with van der Waals surface area (Å²) in [4.78, 5) is 7.31. The molecule has 1 saturated heterocycles. The molecular formula is C21H29N3O2. The summed E-state index contributed by atoms with van der Waals surface area (Å²) in [7, 11) is 3.35. The zero-order valence-corrected chi connectivity index (χ0v) is 16.0. The molecule has 26 heavy (non-hydrogen) atoms. The molecule has 1 atom stereocenters. The lowest BCUT2D eigenvalue weighted by molar-refractivity contribution is 0.236. The lowest BCUT2D eigenvalue weighted by Crippen LogP contribution is -2.33. The molecule has 1 fully saturated rings. The molecule has 2 aromatic rings. The monoisotopic (exact) mass is 355 g/mol. The van der Waals surface area contributed by atoms with E-state index in [1.807, 2.05) is 12.3 Å². The first-order chi connectivity index (χ1) is 12.8. The standard InChI is InChI=1S/C21H29N3O2/c1-4-16-6-8-18(23-15-16)21(24-12-5-10-22-11-13-24)17-7-9-19(25-2)20(14-17)26-3/h6-9,14-15,21-22H,4-5,10-13H2,1-3H3. The predicted octanol–water partition coefficient (Wildman–Crippen LogP) is 3.05. The summed E-state index contributed by atoms with van der Waals surface area (Å²) in [6.45, 7) is 6.26. The lowest BCUT2D eigenvalue weighted by atomic mass is 9.99. The first-order valence-corrected chi connectivity index (χ1v) is 9.38. The highest BCUT2D eigenvalue weighted by Gasteiger charge is 2.25. The van der Waals surface area contributed by atoms with Gasteiger partial charge in [0.05, 0.1) is 26.0 Å². The van der Waals surface area contributed by atoms with Gasteiger partial charge in [0.15, 0.2) is 11.5 Å². The fourth-order valence-electron chi connectivity index (χ4n) is 3.52. The fraction of sp³-hybridized carbons (Fsp3) is 0.476. The minimum atomic E-state index is 0.112. The molecule has 1 aromatic heterocycles. The number of hydrogen-bond donors (Lipinski definition) is 1. The van der Waals surface area contributed by atoms with Crippen molar-refractivity contribution >= 4 is 0 Å². The van der Waals surface area contributed by atoms with E-state index >= 15 is 0 Å². The molecular weight excluding hydrogens is 326 g/mol. The van der Waals surface area contributed by atoms with Crippen molar-refractivity contribution < 1.29 is 9.47 Å². The maximum Gasteiger partial charge on any atom is 0.161 e. The second kappa shape index (κ2) is 9.01. The molecule has 5 nitrogen and oxygen atoms in total. The van der Waals surface area contributed by atoms with E-state index < -0.39 is 0 Å². The van der Waals surface area contributed by atoms with Crippen LogP contribution in [0.5, 0.6) is 11.5 Å². The van der Waals surface area contributed by atoms with Crippen molar-refractivity contribution in [2.24, 2.45) is 0 Å². The van der Waals surface area contributed by atoms with E-state index in [0.29, 0.717) is 0 Å². The van der Waals surface area contributed by atoms with E-state index in [9.17, 15) is 0 Å². The Morgan fingerprint density at radius 1 is 1.08 bits per heavy atom. The molecule has 0 spiro atoms. The number of rotatable bonds is 6. The third-order valence-electron chi connectivity index (χ3n) is 5.00. The Bertz CT molecular complexity index is 695. The van der Waals surface area contributed by atoms with Gasteiger partial charge in [0.1, 0.15) is 0 Å². The van der Waals surface area contributed by atoms with Crippen LogP contribution in [0.4, 0.5) is 0 Å². The SMILES string of the molecule is CCc1ccc(C(c2ccc(OC)c(OC)c2)N2CCCNCC2)nc1. The van der Waals surface area contributed by atoms with Crippen LogP contribution in [0.25, 0.3) is 0 Å². The van der Waals surface area contributed by atoms with Crippen LogP contribution >= 0.6 is 0 Å². The van der Waals surface area contributed by atoms with E-state index in [-0.39, 0.29) is 6.04 Å². The van der Waals surface area contributed by atoms with Gasteiger partial charge in [-0.2, -0.15) is 0 Å². The largest absolute Gasteiger partial charge is 0.493 e. The summed E-state index contributed by atoms with van der Waals surface area (Å²) in [5, 5.41) is 3.49. The number of hydrogen-bond acceptors (Lipinski definition) is 5. The highest BCUT2D eigenvalue weighted by molar-refractivity contribution is 5.45. The van der Waals surface area contributed by atoms with Gasteiger partial charge in [0, 0.05) is 25.8 Å². The maximum absolute atomic E-state index is 5.54. The molecule has 1 N–H and O–H groups in total. The highest BCUT2D eigenvalue weighted by Crippen LogP contribution is 2.34. The molecule has 140 valence electrons. The Labute approximate surface area is 156 Å². The summed E-state index contributed by atoms with van der Waals surface area (Å²) in [5.74, 6) is 1.51. The van der Waals surface area contributed by atoms with Crippen LogP contribution in [-0.4, -0.2) is 50.3 Å². The highest BCUT2D eigenvalue weighted by atomic mass is 16.5. The average Bonchev–Trinajstić information content (AvgIpc) is 2.98. The van der Waals surface area contributed by atoms with Crippen LogP contribution in [0.3, 0.4) is 0 Å². The van der Waals surface area contributed by atoms with Gasteiger partial charge in [-0.05, 0) is 48.7 Å². The molecule has 0 bridgehead atoms. The van der Waals surface area contributed by atoms with E-state index in [1.165, 1.54) is 11.1 Å². The number of nitrogens with one attached hydrogen (secondary N) is 1. The summed E-state index contributed by atoms with van der Waals surface area (Å²) in [6, 6.07) is 10.7. The zero-order chi connectivity index (χ0) is 18.4. The van der Waals surface area contributed by atoms with E-state index in [0.717, 1.165) is 56.2 Å². The van der Waals surface area contributed by atoms with Gasteiger partial charge < -0.3 is 14.8 Å². The van der Waals surface area contributed by atoms with Crippen molar-refractivity contribution in [3.05, 3.63) is 53.3 Å². The van der Waals surface area contributed by atoms with Crippen LogP contribution in [0, 0.1) is 0 Å². The second-order valence-corrected chi connectivity index (χ2v) is 6.60. The summed E-state index contributed by atoms with van der Waals surface area (Å²) >= 11 is 0.